The molecule has 0 aliphatic carbocycles. The van der Waals surface area contributed by atoms with Crippen molar-refractivity contribution in [3.05, 3.63) is 231 Å². The average Bonchev–Trinajstić information content (AvgIpc) is 3.89. The van der Waals surface area contributed by atoms with Crippen LogP contribution in [0.5, 0.6) is 0 Å². The van der Waals surface area contributed by atoms with E-state index in [0.29, 0.717) is 0 Å². The quantitative estimate of drug-likeness (QED) is 0.161. The van der Waals surface area contributed by atoms with Crippen molar-refractivity contribution in [2.75, 3.05) is 4.90 Å². The highest BCUT2D eigenvalue weighted by molar-refractivity contribution is 6.23. The van der Waals surface area contributed by atoms with Gasteiger partial charge in [0.2, 0.25) is 0 Å². The van der Waals surface area contributed by atoms with Crippen LogP contribution in [-0.4, -0.2) is 4.57 Å². The number of fused-ring (bicyclic) bond motifs is 8. The Labute approximate surface area is 353 Å². The van der Waals surface area contributed by atoms with Crippen LogP contribution >= 0.6 is 0 Å². The van der Waals surface area contributed by atoms with Gasteiger partial charge >= 0.3 is 0 Å². The molecule has 0 spiro atoms. The standard InChI is InChI=1S/C58H38N2O/c1-4-17-39(18-5-1)40-31-34-44(35-32-40)59(53-29-14-12-24-46(53)41-19-6-2-7-20-41)45-37-51(58-52(38-45)56-47-25-11-10-21-42(47)33-36-55(56)61-58)50-28-16-27-49-48-26-13-15-30-54(48)60(57(49)50)43-22-8-3-9-23-43/h1-38H. The van der Waals surface area contributed by atoms with Gasteiger partial charge in [-0.25, -0.2) is 0 Å². The lowest BCUT2D eigenvalue weighted by Crippen LogP contribution is -2.11. The number of hydrogen-bond acceptors (Lipinski definition) is 2. The lowest BCUT2D eigenvalue weighted by molar-refractivity contribution is 0.670. The van der Waals surface area contributed by atoms with Crippen LogP contribution in [0.25, 0.3) is 93.6 Å². The first-order valence-electron chi connectivity index (χ1n) is 20.8. The fourth-order valence-corrected chi connectivity index (χ4v) is 9.44. The number of furan rings is 1. The van der Waals surface area contributed by atoms with Crippen molar-refractivity contribution in [2.24, 2.45) is 0 Å². The molecule has 286 valence electrons. The first kappa shape index (κ1) is 34.9. The lowest BCUT2D eigenvalue weighted by atomic mass is 9.96. The van der Waals surface area contributed by atoms with E-state index >= 15 is 0 Å². The molecule has 0 saturated heterocycles. The van der Waals surface area contributed by atoms with Crippen molar-refractivity contribution in [3.8, 4) is 39.1 Å². The van der Waals surface area contributed by atoms with Crippen LogP contribution in [0, 0.1) is 0 Å². The Bertz CT molecular complexity index is 3570. The summed E-state index contributed by atoms with van der Waals surface area (Å²) in [5, 5.41) is 6.94. The third kappa shape index (κ3) is 5.74. The molecule has 0 radical (unpaired) electrons. The van der Waals surface area contributed by atoms with Crippen molar-refractivity contribution in [2.45, 2.75) is 0 Å². The lowest BCUT2D eigenvalue weighted by Gasteiger charge is -2.29. The van der Waals surface area contributed by atoms with E-state index in [1.54, 1.807) is 0 Å². The summed E-state index contributed by atoms with van der Waals surface area (Å²) in [6, 6.07) is 82.8. The van der Waals surface area contributed by atoms with Gasteiger partial charge in [0, 0.05) is 55.3 Å². The van der Waals surface area contributed by atoms with Gasteiger partial charge in [-0.2, -0.15) is 0 Å². The van der Waals surface area contributed by atoms with Gasteiger partial charge in [-0.1, -0.05) is 176 Å². The molecular weight excluding hydrogens is 741 g/mol. The number of nitrogens with zero attached hydrogens (tertiary/aromatic N) is 2. The van der Waals surface area contributed by atoms with Crippen molar-refractivity contribution in [1.29, 1.82) is 0 Å². The van der Waals surface area contributed by atoms with Gasteiger partial charge in [-0.15, -0.1) is 0 Å². The van der Waals surface area contributed by atoms with Crippen LogP contribution < -0.4 is 4.90 Å². The summed E-state index contributed by atoms with van der Waals surface area (Å²) in [5.41, 5.74) is 15.1. The molecule has 0 aliphatic heterocycles. The zero-order valence-corrected chi connectivity index (χ0v) is 33.2. The average molecular weight is 779 g/mol. The first-order valence-corrected chi connectivity index (χ1v) is 20.8. The van der Waals surface area contributed by atoms with Crippen LogP contribution in [0.15, 0.2) is 235 Å². The minimum absolute atomic E-state index is 0.864. The molecule has 0 bridgehead atoms. The molecule has 3 heteroatoms. The van der Waals surface area contributed by atoms with Crippen molar-refractivity contribution in [1.82, 2.24) is 4.57 Å². The molecule has 0 aliphatic rings. The topological polar surface area (TPSA) is 21.3 Å². The third-order valence-corrected chi connectivity index (χ3v) is 12.2. The molecule has 0 saturated carbocycles. The molecule has 0 amide bonds. The first-order chi connectivity index (χ1) is 30.3. The van der Waals surface area contributed by atoms with E-state index in [4.69, 9.17) is 4.42 Å². The Morgan fingerprint density at radius 3 is 1.80 bits per heavy atom. The second-order valence-corrected chi connectivity index (χ2v) is 15.7. The third-order valence-electron chi connectivity index (χ3n) is 12.2. The van der Waals surface area contributed by atoms with Gasteiger partial charge in [-0.05, 0) is 82.1 Å². The molecule has 61 heavy (non-hydrogen) atoms. The second-order valence-electron chi connectivity index (χ2n) is 15.7. The number of rotatable bonds is 7. The second kappa shape index (κ2) is 14.3. The monoisotopic (exact) mass is 778 g/mol. The largest absolute Gasteiger partial charge is 0.455 e. The van der Waals surface area contributed by atoms with Crippen LogP contribution in [0.4, 0.5) is 17.1 Å². The number of anilines is 3. The minimum atomic E-state index is 0.864. The molecule has 10 aromatic carbocycles. The van der Waals surface area contributed by atoms with E-state index in [1.165, 1.54) is 32.7 Å². The van der Waals surface area contributed by atoms with Gasteiger partial charge in [-0.3, -0.25) is 0 Å². The summed E-state index contributed by atoms with van der Waals surface area (Å²) in [5.74, 6) is 0. The Hall–Kier alpha value is -8.14. The van der Waals surface area contributed by atoms with Gasteiger partial charge in [0.05, 0.1) is 16.7 Å². The molecule has 0 unspecified atom stereocenters. The number of aromatic nitrogens is 1. The van der Waals surface area contributed by atoms with E-state index in [-0.39, 0.29) is 0 Å². The van der Waals surface area contributed by atoms with Crippen molar-refractivity contribution >= 4 is 71.6 Å². The molecule has 0 N–H and O–H groups in total. The van der Waals surface area contributed by atoms with Gasteiger partial charge in [0.25, 0.3) is 0 Å². The summed E-state index contributed by atoms with van der Waals surface area (Å²) in [7, 11) is 0. The maximum atomic E-state index is 7.09. The Morgan fingerprint density at radius 2 is 1.00 bits per heavy atom. The Kier molecular flexibility index (Phi) is 8.17. The number of benzene rings is 10. The fraction of sp³-hybridized carbons (Fsp3) is 0. The fourth-order valence-electron chi connectivity index (χ4n) is 9.44. The summed E-state index contributed by atoms with van der Waals surface area (Å²) in [4.78, 5) is 2.43. The van der Waals surface area contributed by atoms with Crippen molar-refractivity contribution < 1.29 is 4.42 Å². The summed E-state index contributed by atoms with van der Waals surface area (Å²) in [6.07, 6.45) is 0. The molecule has 2 heterocycles. The molecule has 12 rings (SSSR count). The molecule has 0 fully saturated rings. The molecule has 12 aromatic rings. The zero-order valence-electron chi connectivity index (χ0n) is 33.2. The molecular formula is C58H38N2O. The molecule has 3 nitrogen and oxygen atoms in total. The van der Waals surface area contributed by atoms with E-state index in [2.05, 4.69) is 240 Å². The van der Waals surface area contributed by atoms with E-state index in [0.717, 1.165) is 78.0 Å². The van der Waals surface area contributed by atoms with Crippen LogP contribution in [-0.2, 0) is 0 Å². The predicted molar refractivity (Wildman–Crippen MR) is 257 cm³/mol. The van der Waals surface area contributed by atoms with Crippen molar-refractivity contribution in [3.63, 3.8) is 0 Å². The van der Waals surface area contributed by atoms with E-state index in [9.17, 15) is 0 Å². The number of para-hydroxylation sites is 4. The zero-order chi connectivity index (χ0) is 40.3. The highest BCUT2D eigenvalue weighted by Gasteiger charge is 2.25. The summed E-state index contributed by atoms with van der Waals surface area (Å²) in [6.45, 7) is 0. The smallest absolute Gasteiger partial charge is 0.143 e. The van der Waals surface area contributed by atoms with Gasteiger partial charge in [0.15, 0.2) is 0 Å². The summed E-state index contributed by atoms with van der Waals surface area (Å²) < 4.78 is 9.51. The van der Waals surface area contributed by atoms with E-state index < -0.39 is 0 Å². The van der Waals surface area contributed by atoms with Gasteiger partial charge in [0.1, 0.15) is 11.2 Å². The van der Waals surface area contributed by atoms with Gasteiger partial charge < -0.3 is 13.9 Å². The van der Waals surface area contributed by atoms with Crippen LogP contribution in [0.2, 0.25) is 0 Å². The molecule has 2 aromatic heterocycles. The predicted octanol–water partition coefficient (Wildman–Crippen LogP) is 16.3. The maximum absolute atomic E-state index is 7.09. The minimum Gasteiger partial charge on any atom is -0.455 e. The Morgan fingerprint density at radius 1 is 0.377 bits per heavy atom. The van der Waals surface area contributed by atoms with E-state index in [1.807, 2.05) is 0 Å². The normalized spacial score (nSPS) is 11.6. The highest BCUT2D eigenvalue weighted by atomic mass is 16.3. The SMILES string of the molecule is c1ccc(-c2ccc(N(c3cc(-c4cccc5c6ccccc6n(-c6ccccc6)c45)c4oc5ccc6ccccc6c5c4c3)c3ccccc3-c3ccccc3)cc2)cc1. The Balaban J connectivity index is 1.21. The van der Waals surface area contributed by atoms with Crippen LogP contribution in [0.1, 0.15) is 0 Å². The van der Waals surface area contributed by atoms with Crippen LogP contribution in [0.3, 0.4) is 0 Å². The molecule has 0 atom stereocenters. The number of hydrogen-bond donors (Lipinski definition) is 0. The highest BCUT2D eigenvalue weighted by Crippen LogP contribution is 2.49. The summed E-state index contributed by atoms with van der Waals surface area (Å²) >= 11 is 0. The maximum Gasteiger partial charge on any atom is 0.143 e.